The normalized spacial score (nSPS) is 12.0. The lowest BCUT2D eigenvalue weighted by molar-refractivity contribution is -2.00. The standard InChI is InChI=1S/C16H36NO.ClHO4/c1-4-5-6-7-8-9-10-11-12-13-14-17(2,3)15-16-18;2-1(3,4)5/h18H,4-16H2,1-3H3;(H,2,3,4,5)/q+1;/p-1. The van der Waals surface area contributed by atoms with Crippen molar-refractivity contribution in [2.24, 2.45) is 0 Å². The second kappa shape index (κ2) is 15.6. The van der Waals surface area contributed by atoms with E-state index in [4.69, 9.17) is 23.7 Å². The highest BCUT2D eigenvalue weighted by molar-refractivity contribution is 4.47. The lowest BCUT2D eigenvalue weighted by atomic mass is 10.1. The van der Waals surface area contributed by atoms with E-state index >= 15 is 0 Å². The molecule has 0 rings (SSSR count). The zero-order valence-corrected chi connectivity index (χ0v) is 15.9. The molecule has 0 unspecified atom stereocenters. The zero-order chi connectivity index (χ0) is 18.2. The molecule has 0 heterocycles. The maximum atomic E-state index is 8.95. The quantitative estimate of drug-likeness (QED) is 0.343. The Morgan fingerprint density at radius 1 is 0.696 bits per heavy atom. The fourth-order valence-corrected chi connectivity index (χ4v) is 2.41. The molecule has 0 spiro atoms. The minimum Gasteiger partial charge on any atom is -0.391 e. The highest BCUT2D eigenvalue weighted by Gasteiger charge is 2.12. The van der Waals surface area contributed by atoms with Gasteiger partial charge in [-0.15, -0.1) is 10.2 Å². The summed E-state index contributed by atoms with van der Waals surface area (Å²) in [6.07, 6.45) is 14.0. The molecule has 0 aliphatic rings. The van der Waals surface area contributed by atoms with Crippen LogP contribution >= 0.6 is 0 Å². The summed E-state index contributed by atoms with van der Waals surface area (Å²) < 4.78 is 34.9. The third kappa shape index (κ3) is 30.5. The molecule has 0 aromatic heterocycles. The second-order valence-electron chi connectivity index (χ2n) is 6.67. The van der Waals surface area contributed by atoms with Gasteiger partial charge in [0.25, 0.3) is 0 Å². The largest absolute Gasteiger partial charge is 0.391 e. The number of halogens is 1. The molecule has 23 heavy (non-hydrogen) atoms. The highest BCUT2D eigenvalue weighted by Crippen LogP contribution is 2.11. The van der Waals surface area contributed by atoms with Crippen LogP contribution in [-0.4, -0.2) is 43.4 Å². The van der Waals surface area contributed by atoms with Crippen LogP contribution in [0.4, 0.5) is 0 Å². The van der Waals surface area contributed by atoms with Gasteiger partial charge in [0, 0.05) is 0 Å². The number of nitrogens with zero attached hydrogens (tertiary/aromatic N) is 1. The summed E-state index contributed by atoms with van der Waals surface area (Å²) in [6.45, 7) is 4.68. The first-order valence-corrected chi connectivity index (χ1v) is 9.90. The molecule has 0 saturated carbocycles. The van der Waals surface area contributed by atoms with Crippen molar-refractivity contribution >= 4 is 0 Å². The van der Waals surface area contributed by atoms with Crippen LogP contribution < -0.4 is 18.6 Å². The van der Waals surface area contributed by atoms with Gasteiger partial charge in [-0.1, -0.05) is 58.3 Å². The first-order valence-electron chi connectivity index (χ1n) is 8.67. The molecule has 0 radical (unpaired) electrons. The summed E-state index contributed by atoms with van der Waals surface area (Å²) in [5.74, 6) is 0. The summed E-state index contributed by atoms with van der Waals surface area (Å²) in [5, 5.41) is 8.95. The molecule has 0 aliphatic heterocycles. The average molecular weight is 358 g/mol. The third-order valence-corrected chi connectivity index (χ3v) is 3.82. The third-order valence-electron chi connectivity index (χ3n) is 3.82. The minimum absolute atomic E-state index is 0.310. The van der Waals surface area contributed by atoms with E-state index < -0.39 is 10.2 Å². The molecule has 0 saturated heterocycles. The topological polar surface area (TPSA) is 112 Å². The van der Waals surface area contributed by atoms with Crippen LogP contribution in [0.25, 0.3) is 0 Å². The van der Waals surface area contributed by atoms with Gasteiger partial charge >= 0.3 is 0 Å². The predicted molar refractivity (Wildman–Crippen MR) is 80.8 cm³/mol. The number of unbranched alkanes of at least 4 members (excludes halogenated alkanes) is 9. The first-order chi connectivity index (χ1) is 10.6. The highest BCUT2D eigenvalue weighted by atomic mass is 35.7. The Kier molecular flexibility index (Phi) is 17.1. The molecule has 7 heteroatoms. The van der Waals surface area contributed by atoms with E-state index in [-0.39, 0.29) is 0 Å². The monoisotopic (exact) mass is 357 g/mol. The Labute approximate surface area is 144 Å². The number of aliphatic hydroxyl groups is 1. The van der Waals surface area contributed by atoms with Gasteiger partial charge < -0.3 is 9.59 Å². The number of quaternary nitrogens is 1. The smallest absolute Gasteiger partial charge is 0.102 e. The molecule has 6 nitrogen and oxygen atoms in total. The maximum absolute atomic E-state index is 8.95. The van der Waals surface area contributed by atoms with Crippen LogP contribution in [0.3, 0.4) is 0 Å². The molecule has 0 aliphatic carbocycles. The fourth-order valence-electron chi connectivity index (χ4n) is 2.41. The van der Waals surface area contributed by atoms with Gasteiger partial charge in [0.2, 0.25) is 0 Å². The lowest BCUT2D eigenvalue weighted by Gasteiger charge is -2.28. The Bertz CT molecular complexity index is 241. The molecule has 1 N–H and O–H groups in total. The van der Waals surface area contributed by atoms with Crippen molar-refractivity contribution in [3.63, 3.8) is 0 Å². The Morgan fingerprint density at radius 2 is 1.04 bits per heavy atom. The minimum atomic E-state index is -4.94. The molecular weight excluding hydrogens is 322 g/mol. The molecule has 0 fully saturated rings. The van der Waals surface area contributed by atoms with E-state index in [1.54, 1.807) is 0 Å². The van der Waals surface area contributed by atoms with E-state index in [0.717, 1.165) is 11.0 Å². The number of rotatable bonds is 13. The van der Waals surface area contributed by atoms with Crippen molar-refractivity contribution in [1.82, 2.24) is 0 Å². The number of likely N-dealkylation sites (N-methyl/N-ethyl adjacent to an activating group) is 1. The van der Waals surface area contributed by atoms with Crippen LogP contribution in [-0.2, 0) is 0 Å². The SMILES string of the molecule is CCCCCCCCCCCC[N+](C)(C)CCO.[O-][Cl+3]([O-])([O-])[O-]. The van der Waals surface area contributed by atoms with Gasteiger partial charge in [0.1, 0.15) is 6.54 Å². The van der Waals surface area contributed by atoms with Crippen molar-refractivity contribution in [2.75, 3.05) is 33.8 Å². The lowest BCUT2D eigenvalue weighted by Crippen LogP contribution is -2.68. The summed E-state index contributed by atoms with van der Waals surface area (Å²) >= 11 is 0. The molecule has 0 atom stereocenters. The van der Waals surface area contributed by atoms with Gasteiger partial charge in [-0.2, -0.15) is 0 Å². The molecule has 0 amide bonds. The summed E-state index contributed by atoms with van der Waals surface area (Å²) in [5.41, 5.74) is 0. The summed E-state index contributed by atoms with van der Waals surface area (Å²) in [6, 6.07) is 0. The maximum Gasteiger partial charge on any atom is 0.102 e. The summed E-state index contributed by atoms with van der Waals surface area (Å²) in [4.78, 5) is 0. The van der Waals surface area contributed by atoms with Gasteiger partial charge in [-0.05, 0) is 12.8 Å². The zero-order valence-electron chi connectivity index (χ0n) is 15.1. The summed E-state index contributed by atoms with van der Waals surface area (Å²) in [7, 11) is -0.520. The molecule has 0 bridgehead atoms. The van der Waals surface area contributed by atoms with Gasteiger partial charge in [-0.25, -0.2) is 18.6 Å². The molecule has 0 aromatic rings. The number of hydrogen-bond donors (Lipinski definition) is 1. The molecule has 142 valence electrons. The second-order valence-corrected chi connectivity index (χ2v) is 7.42. The number of hydrogen-bond acceptors (Lipinski definition) is 5. The van der Waals surface area contributed by atoms with E-state index in [9.17, 15) is 0 Å². The Balaban J connectivity index is 0. The van der Waals surface area contributed by atoms with Gasteiger partial charge in [0.05, 0.1) is 27.2 Å². The first kappa shape index (κ1) is 25.3. The molecule has 0 aromatic carbocycles. The van der Waals surface area contributed by atoms with E-state index in [1.807, 2.05) is 0 Å². The number of aliphatic hydroxyl groups excluding tert-OH is 1. The molecular formula is C16H36ClNO5. The average Bonchev–Trinajstić information content (AvgIpc) is 2.39. The van der Waals surface area contributed by atoms with Crippen LogP contribution in [0.2, 0.25) is 0 Å². The van der Waals surface area contributed by atoms with E-state index in [1.165, 1.54) is 70.8 Å². The van der Waals surface area contributed by atoms with Gasteiger partial charge in [-0.3, -0.25) is 0 Å². The Morgan fingerprint density at radius 3 is 1.39 bits per heavy atom. The van der Waals surface area contributed by atoms with Gasteiger partial charge in [0.15, 0.2) is 0 Å². The predicted octanol–water partition coefficient (Wildman–Crippen LogP) is -0.780. The van der Waals surface area contributed by atoms with Crippen LogP contribution in [0.1, 0.15) is 71.1 Å². The van der Waals surface area contributed by atoms with Crippen molar-refractivity contribution in [3.8, 4) is 0 Å². The van der Waals surface area contributed by atoms with E-state index in [2.05, 4.69) is 21.0 Å². The van der Waals surface area contributed by atoms with Crippen molar-refractivity contribution in [2.45, 2.75) is 71.1 Å². The van der Waals surface area contributed by atoms with Crippen LogP contribution in [0.15, 0.2) is 0 Å². The Hall–Kier alpha value is 0.0500. The van der Waals surface area contributed by atoms with Crippen molar-refractivity contribution in [1.29, 1.82) is 0 Å². The van der Waals surface area contributed by atoms with E-state index in [0.29, 0.717) is 6.61 Å². The van der Waals surface area contributed by atoms with Crippen LogP contribution in [0.5, 0.6) is 0 Å². The van der Waals surface area contributed by atoms with Crippen molar-refractivity contribution in [3.05, 3.63) is 0 Å². The van der Waals surface area contributed by atoms with Crippen LogP contribution in [0, 0.1) is 10.2 Å². The van der Waals surface area contributed by atoms with Crippen molar-refractivity contribution < 1.29 is 38.5 Å². The fraction of sp³-hybridized carbons (Fsp3) is 1.00.